The Hall–Kier alpha value is -2.36. The van der Waals surface area contributed by atoms with E-state index in [-0.39, 0.29) is 24.8 Å². The van der Waals surface area contributed by atoms with Crippen LogP contribution in [0.2, 0.25) is 0 Å². The summed E-state index contributed by atoms with van der Waals surface area (Å²) in [5.41, 5.74) is 0.614. The third-order valence-electron chi connectivity index (χ3n) is 2.88. The van der Waals surface area contributed by atoms with E-state index in [1.54, 1.807) is 6.07 Å². The maximum atomic E-state index is 12.1. The lowest BCUT2D eigenvalue weighted by Gasteiger charge is -2.07. The number of nitrogens with one attached hydrogen (secondary N) is 1. The number of amides is 1. The van der Waals surface area contributed by atoms with Gasteiger partial charge in [0.05, 0.1) is 13.5 Å². The van der Waals surface area contributed by atoms with Crippen LogP contribution in [0.25, 0.3) is 10.8 Å². The van der Waals surface area contributed by atoms with Gasteiger partial charge in [0, 0.05) is 12.1 Å². The average molecular weight is 257 g/mol. The van der Waals surface area contributed by atoms with E-state index in [2.05, 4.69) is 10.1 Å². The predicted molar refractivity (Wildman–Crippen MR) is 72.9 cm³/mol. The number of methoxy groups -OCH3 is 1. The third-order valence-corrected chi connectivity index (χ3v) is 2.88. The van der Waals surface area contributed by atoms with Gasteiger partial charge in [-0.15, -0.1) is 0 Å². The number of benzene rings is 2. The number of carbonyl (C=O) groups is 2. The van der Waals surface area contributed by atoms with Crippen LogP contribution < -0.4 is 5.32 Å². The minimum Gasteiger partial charge on any atom is -0.469 e. The molecule has 19 heavy (non-hydrogen) atoms. The van der Waals surface area contributed by atoms with Crippen molar-refractivity contribution in [2.45, 2.75) is 6.42 Å². The topological polar surface area (TPSA) is 55.4 Å². The summed E-state index contributed by atoms with van der Waals surface area (Å²) in [5.74, 6) is -0.515. The molecular formula is C15H15NO3. The van der Waals surface area contributed by atoms with Crippen LogP contribution >= 0.6 is 0 Å². The van der Waals surface area contributed by atoms with Gasteiger partial charge < -0.3 is 10.1 Å². The number of esters is 1. The van der Waals surface area contributed by atoms with Crippen molar-refractivity contribution in [2.75, 3.05) is 13.7 Å². The summed E-state index contributed by atoms with van der Waals surface area (Å²) in [5, 5.41) is 4.64. The molecule has 0 atom stereocenters. The third kappa shape index (κ3) is 3.10. The monoisotopic (exact) mass is 257 g/mol. The summed E-state index contributed by atoms with van der Waals surface area (Å²) in [4.78, 5) is 23.0. The molecule has 0 saturated carbocycles. The highest BCUT2D eigenvalue weighted by atomic mass is 16.5. The van der Waals surface area contributed by atoms with Gasteiger partial charge in [0.1, 0.15) is 0 Å². The summed E-state index contributed by atoms with van der Waals surface area (Å²) in [6.07, 6.45) is 0.174. The van der Waals surface area contributed by atoms with Crippen LogP contribution in [-0.2, 0) is 9.53 Å². The second kappa shape index (κ2) is 6.00. The average Bonchev–Trinajstić information content (AvgIpc) is 2.46. The van der Waals surface area contributed by atoms with Gasteiger partial charge in [-0.1, -0.05) is 36.4 Å². The zero-order valence-electron chi connectivity index (χ0n) is 10.7. The Morgan fingerprint density at radius 3 is 2.63 bits per heavy atom. The van der Waals surface area contributed by atoms with Gasteiger partial charge in [0.25, 0.3) is 5.91 Å². The minimum atomic E-state index is -0.335. The normalized spacial score (nSPS) is 10.2. The Labute approximate surface area is 111 Å². The smallest absolute Gasteiger partial charge is 0.307 e. The molecular weight excluding hydrogens is 242 g/mol. The number of ether oxygens (including phenoxy) is 1. The highest BCUT2D eigenvalue weighted by Crippen LogP contribution is 2.18. The number of fused-ring (bicyclic) bond motifs is 1. The Morgan fingerprint density at radius 1 is 1.11 bits per heavy atom. The minimum absolute atomic E-state index is 0.174. The van der Waals surface area contributed by atoms with Crippen LogP contribution in [0.15, 0.2) is 42.5 Å². The van der Waals surface area contributed by atoms with E-state index in [9.17, 15) is 9.59 Å². The second-order valence-electron chi connectivity index (χ2n) is 4.11. The maximum absolute atomic E-state index is 12.1. The van der Waals surface area contributed by atoms with Gasteiger partial charge in [0.15, 0.2) is 0 Å². The summed E-state index contributed by atoms with van der Waals surface area (Å²) >= 11 is 0. The molecule has 0 radical (unpaired) electrons. The lowest BCUT2D eigenvalue weighted by molar-refractivity contribution is -0.140. The molecule has 0 spiro atoms. The van der Waals surface area contributed by atoms with Crippen LogP contribution in [-0.4, -0.2) is 25.5 Å². The van der Waals surface area contributed by atoms with E-state index in [0.717, 1.165) is 10.8 Å². The van der Waals surface area contributed by atoms with Crippen LogP contribution in [0, 0.1) is 0 Å². The zero-order chi connectivity index (χ0) is 13.7. The van der Waals surface area contributed by atoms with Crippen LogP contribution in [0.1, 0.15) is 16.8 Å². The molecule has 0 aromatic heterocycles. The standard InChI is InChI=1S/C15H15NO3/c1-19-14(17)9-10-16-15(18)13-8-4-6-11-5-2-3-7-12(11)13/h2-8H,9-10H2,1H3,(H,16,18). The van der Waals surface area contributed by atoms with Gasteiger partial charge in [-0.2, -0.15) is 0 Å². The number of carbonyl (C=O) groups excluding carboxylic acids is 2. The van der Waals surface area contributed by atoms with Crippen molar-refractivity contribution in [3.05, 3.63) is 48.0 Å². The molecule has 2 rings (SSSR count). The second-order valence-corrected chi connectivity index (χ2v) is 4.11. The molecule has 0 heterocycles. The quantitative estimate of drug-likeness (QED) is 0.854. The van der Waals surface area contributed by atoms with Crippen molar-refractivity contribution in [1.82, 2.24) is 5.32 Å². The first-order chi connectivity index (χ1) is 9.22. The van der Waals surface area contributed by atoms with Gasteiger partial charge >= 0.3 is 5.97 Å². The molecule has 1 N–H and O–H groups in total. The molecule has 98 valence electrons. The van der Waals surface area contributed by atoms with E-state index < -0.39 is 0 Å². The SMILES string of the molecule is COC(=O)CCNC(=O)c1cccc2ccccc12. The fraction of sp³-hybridized carbons (Fsp3) is 0.200. The first-order valence-electron chi connectivity index (χ1n) is 6.05. The molecule has 0 bridgehead atoms. The molecule has 4 nitrogen and oxygen atoms in total. The maximum Gasteiger partial charge on any atom is 0.307 e. The molecule has 0 aliphatic carbocycles. The highest BCUT2D eigenvalue weighted by Gasteiger charge is 2.09. The summed E-state index contributed by atoms with van der Waals surface area (Å²) in [6.45, 7) is 0.273. The molecule has 0 aliphatic heterocycles. The number of hydrogen-bond acceptors (Lipinski definition) is 3. The number of rotatable bonds is 4. The first-order valence-corrected chi connectivity index (χ1v) is 6.05. The van der Waals surface area contributed by atoms with Gasteiger partial charge in [-0.3, -0.25) is 9.59 Å². The number of hydrogen-bond donors (Lipinski definition) is 1. The van der Waals surface area contributed by atoms with Crippen molar-refractivity contribution < 1.29 is 14.3 Å². The molecule has 1 amide bonds. The van der Waals surface area contributed by atoms with Crippen LogP contribution in [0.3, 0.4) is 0 Å². The van der Waals surface area contributed by atoms with E-state index in [1.807, 2.05) is 36.4 Å². The Kier molecular flexibility index (Phi) is 4.13. The predicted octanol–water partition coefficient (Wildman–Crippen LogP) is 2.13. The molecule has 0 unspecified atom stereocenters. The lowest BCUT2D eigenvalue weighted by Crippen LogP contribution is -2.26. The Balaban J connectivity index is 2.11. The van der Waals surface area contributed by atoms with Gasteiger partial charge in [0.2, 0.25) is 0 Å². The first kappa shape index (κ1) is 13.1. The molecule has 2 aromatic carbocycles. The van der Waals surface area contributed by atoms with E-state index >= 15 is 0 Å². The molecule has 4 heteroatoms. The van der Waals surface area contributed by atoms with E-state index in [4.69, 9.17) is 0 Å². The molecule has 0 fully saturated rings. The summed E-state index contributed by atoms with van der Waals surface area (Å²) < 4.78 is 4.52. The van der Waals surface area contributed by atoms with Crippen molar-refractivity contribution in [1.29, 1.82) is 0 Å². The Morgan fingerprint density at radius 2 is 1.84 bits per heavy atom. The van der Waals surface area contributed by atoms with E-state index in [1.165, 1.54) is 7.11 Å². The Bertz CT molecular complexity index is 602. The van der Waals surface area contributed by atoms with Crippen LogP contribution in [0.4, 0.5) is 0 Å². The van der Waals surface area contributed by atoms with Crippen molar-refractivity contribution in [2.24, 2.45) is 0 Å². The molecule has 0 aliphatic rings. The molecule has 2 aromatic rings. The lowest BCUT2D eigenvalue weighted by atomic mass is 10.0. The van der Waals surface area contributed by atoms with Gasteiger partial charge in [-0.25, -0.2) is 0 Å². The van der Waals surface area contributed by atoms with Crippen molar-refractivity contribution in [3.63, 3.8) is 0 Å². The zero-order valence-corrected chi connectivity index (χ0v) is 10.7. The van der Waals surface area contributed by atoms with Crippen LogP contribution in [0.5, 0.6) is 0 Å². The van der Waals surface area contributed by atoms with Crippen molar-refractivity contribution in [3.8, 4) is 0 Å². The van der Waals surface area contributed by atoms with Gasteiger partial charge in [-0.05, 0) is 16.8 Å². The summed E-state index contributed by atoms with van der Waals surface area (Å²) in [6, 6.07) is 13.3. The fourth-order valence-electron chi connectivity index (χ4n) is 1.90. The summed E-state index contributed by atoms with van der Waals surface area (Å²) in [7, 11) is 1.33. The highest BCUT2D eigenvalue weighted by molar-refractivity contribution is 6.07. The molecule has 0 saturated heterocycles. The largest absolute Gasteiger partial charge is 0.469 e. The van der Waals surface area contributed by atoms with Crippen molar-refractivity contribution >= 4 is 22.6 Å². The van der Waals surface area contributed by atoms with E-state index in [0.29, 0.717) is 5.56 Å². The fourth-order valence-corrected chi connectivity index (χ4v) is 1.90.